The molecule has 7 nitrogen and oxygen atoms in total. The Morgan fingerprint density at radius 3 is 2.23 bits per heavy atom. The van der Waals surface area contributed by atoms with Crippen LogP contribution in [0.4, 0.5) is 0 Å². The van der Waals surface area contributed by atoms with Crippen molar-refractivity contribution >= 4 is 16.7 Å². The Morgan fingerprint density at radius 1 is 1.03 bits per heavy atom. The number of fused-ring (bicyclic) bond motifs is 1. The molecular weight excluding hydrogens is 382 g/mol. The molecule has 0 saturated heterocycles. The highest BCUT2D eigenvalue weighted by atomic mass is 16.5. The predicted octanol–water partition coefficient (Wildman–Crippen LogP) is 3.67. The number of unbranched alkanes of at least 4 members (excludes halogenated alkanes) is 1. The highest BCUT2D eigenvalue weighted by Gasteiger charge is 2.22. The van der Waals surface area contributed by atoms with Gasteiger partial charge in [-0.25, -0.2) is 0 Å². The van der Waals surface area contributed by atoms with E-state index in [1.54, 1.807) is 41.3 Å². The Bertz CT molecular complexity index is 1090. The van der Waals surface area contributed by atoms with Gasteiger partial charge in [-0.1, -0.05) is 31.5 Å². The van der Waals surface area contributed by atoms with Crippen LogP contribution >= 0.6 is 0 Å². The van der Waals surface area contributed by atoms with Crippen molar-refractivity contribution < 1.29 is 14.3 Å². The number of aromatic nitrogens is 2. The van der Waals surface area contributed by atoms with Gasteiger partial charge in [-0.2, -0.15) is 9.78 Å². The molecule has 1 aromatic heterocycles. The van der Waals surface area contributed by atoms with Crippen molar-refractivity contribution in [2.24, 2.45) is 0 Å². The molecule has 0 aliphatic heterocycles. The van der Waals surface area contributed by atoms with Gasteiger partial charge in [0.05, 0.1) is 25.3 Å². The summed E-state index contributed by atoms with van der Waals surface area (Å²) in [5.41, 5.74) is 0.409. The molecule has 0 saturated carbocycles. The zero-order chi connectivity index (χ0) is 21.7. The normalized spacial score (nSPS) is 10.8. The number of rotatable bonds is 8. The molecule has 3 rings (SSSR count). The second-order valence-corrected chi connectivity index (χ2v) is 6.92. The number of ether oxygens (including phenoxy) is 2. The van der Waals surface area contributed by atoms with Crippen molar-refractivity contribution in [3.05, 3.63) is 58.5 Å². The molecule has 0 bridgehead atoms. The first-order valence-corrected chi connectivity index (χ1v) is 10.1. The van der Waals surface area contributed by atoms with Gasteiger partial charge < -0.3 is 14.4 Å². The maximum absolute atomic E-state index is 13.3. The number of hydrogen-bond acceptors (Lipinski definition) is 5. The van der Waals surface area contributed by atoms with Gasteiger partial charge in [-0.15, -0.1) is 0 Å². The van der Waals surface area contributed by atoms with E-state index in [4.69, 9.17) is 9.47 Å². The molecule has 0 atom stereocenters. The van der Waals surface area contributed by atoms with Crippen LogP contribution in [0, 0.1) is 0 Å². The number of benzene rings is 2. The van der Waals surface area contributed by atoms with Crippen LogP contribution in [0.5, 0.6) is 11.5 Å². The molecule has 2 aromatic carbocycles. The molecule has 1 heterocycles. The van der Waals surface area contributed by atoms with E-state index in [1.165, 1.54) is 18.9 Å². The summed E-state index contributed by atoms with van der Waals surface area (Å²) < 4.78 is 11.9. The van der Waals surface area contributed by atoms with E-state index in [0.29, 0.717) is 41.0 Å². The summed E-state index contributed by atoms with van der Waals surface area (Å²) in [4.78, 5) is 28.3. The van der Waals surface area contributed by atoms with Crippen LogP contribution in [0.15, 0.2) is 47.3 Å². The van der Waals surface area contributed by atoms with Crippen LogP contribution in [0.1, 0.15) is 37.2 Å². The Labute approximate surface area is 175 Å². The molecule has 30 heavy (non-hydrogen) atoms. The van der Waals surface area contributed by atoms with Crippen LogP contribution in [0.2, 0.25) is 0 Å². The summed E-state index contributed by atoms with van der Waals surface area (Å²) in [7, 11) is 3.08. The average Bonchev–Trinajstić information content (AvgIpc) is 2.79. The lowest BCUT2D eigenvalue weighted by atomic mass is 10.1. The monoisotopic (exact) mass is 409 g/mol. The number of carbonyl (C=O) groups excluding carboxylic acids is 1. The molecule has 0 N–H and O–H groups in total. The van der Waals surface area contributed by atoms with Gasteiger partial charge in [-0.05, 0) is 19.4 Å². The maximum Gasteiger partial charge on any atom is 0.279 e. The maximum atomic E-state index is 13.3. The van der Waals surface area contributed by atoms with Gasteiger partial charge in [0, 0.05) is 36.7 Å². The summed E-state index contributed by atoms with van der Waals surface area (Å²) in [5, 5.41) is 5.48. The fourth-order valence-corrected chi connectivity index (χ4v) is 3.34. The third-order valence-electron chi connectivity index (χ3n) is 5.04. The van der Waals surface area contributed by atoms with Crippen molar-refractivity contribution in [1.82, 2.24) is 14.7 Å². The van der Waals surface area contributed by atoms with E-state index in [0.717, 1.165) is 12.8 Å². The average molecular weight is 409 g/mol. The molecule has 7 heteroatoms. The Hall–Kier alpha value is -3.35. The third kappa shape index (κ3) is 4.15. The number of hydrogen-bond donors (Lipinski definition) is 0. The Morgan fingerprint density at radius 2 is 1.67 bits per heavy atom. The summed E-state index contributed by atoms with van der Waals surface area (Å²) in [6.45, 7) is 5.25. The summed E-state index contributed by atoms with van der Waals surface area (Å²) in [6, 6.07) is 12.2. The topological polar surface area (TPSA) is 73.7 Å². The second kappa shape index (κ2) is 9.43. The number of methoxy groups -OCH3 is 2. The summed E-state index contributed by atoms with van der Waals surface area (Å²) >= 11 is 0. The lowest BCUT2D eigenvalue weighted by Gasteiger charge is -2.21. The molecule has 0 spiro atoms. The molecule has 0 radical (unpaired) electrons. The molecule has 1 amide bonds. The van der Waals surface area contributed by atoms with Crippen molar-refractivity contribution in [2.75, 3.05) is 27.3 Å². The van der Waals surface area contributed by atoms with Crippen LogP contribution in [0.3, 0.4) is 0 Å². The van der Waals surface area contributed by atoms with E-state index in [9.17, 15) is 9.59 Å². The van der Waals surface area contributed by atoms with Crippen LogP contribution in [-0.2, 0) is 0 Å². The van der Waals surface area contributed by atoms with Gasteiger partial charge in [0.1, 0.15) is 11.5 Å². The largest absolute Gasteiger partial charge is 0.497 e. The van der Waals surface area contributed by atoms with E-state index in [-0.39, 0.29) is 17.2 Å². The van der Waals surface area contributed by atoms with Crippen molar-refractivity contribution in [3.63, 3.8) is 0 Å². The van der Waals surface area contributed by atoms with Gasteiger partial charge >= 0.3 is 0 Å². The minimum absolute atomic E-state index is 0.189. The first-order chi connectivity index (χ1) is 14.5. The standard InChI is InChI=1S/C23H27N3O4/c1-5-7-12-25(6-2)23(28)21-19-10-8-9-11-20(19)22(27)26(24-21)16-13-17(29-3)15-18(14-16)30-4/h8-11,13-15H,5-7,12H2,1-4H3. The zero-order valence-corrected chi connectivity index (χ0v) is 17.8. The van der Waals surface area contributed by atoms with Crippen LogP contribution in [0.25, 0.3) is 16.5 Å². The molecule has 0 fully saturated rings. The number of carbonyl (C=O) groups is 1. The van der Waals surface area contributed by atoms with Crippen LogP contribution < -0.4 is 15.0 Å². The first kappa shape index (κ1) is 21.4. The van der Waals surface area contributed by atoms with Crippen molar-refractivity contribution in [1.29, 1.82) is 0 Å². The summed E-state index contributed by atoms with van der Waals surface area (Å²) in [6.07, 6.45) is 1.89. The second-order valence-electron chi connectivity index (χ2n) is 6.92. The van der Waals surface area contributed by atoms with Crippen LogP contribution in [-0.4, -0.2) is 47.9 Å². The molecule has 0 aliphatic rings. The fraction of sp³-hybridized carbons (Fsp3) is 0.348. The highest BCUT2D eigenvalue weighted by molar-refractivity contribution is 6.04. The van der Waals surface area contributed by atoms with E-state index >= 15 is 0 Å². The van der Waals surface area contributed by atoms with Gasteiger partial charge in [0.15, 0.2) is 5.69 Å². The van der Waals surface area contributed by atoms with E-state index < -0.39 is 0 Å². The van der Waals surface area contributed by atoms with Gasteiger partial charge in [-0.3, -0.25) is 9.59 Å². The zero-order valence-electron chi connectivity index (χ0n) is 17.8. The Balaban J connectivity index is 2.24. The van der Waals surface area contributed by atoms with Crippen molar-refractivity contribution in [3.8, 4) is 17.2 Å². The quantitative estimate of drug-likeness (QED) is 0.568. The fourth-order valence-electron chi connectivity index (χ4n) is 3.34. The third-order valence-corrected chi connectivity index (χ3v) is 5.04. The smallest absolute Gasteiger partial charge is 0.279 e. The lowest BCUT2D eigenvalue weighted by Crippen LogP contribution is -2.34. The highest BCUT2D eigenvalue weighted by Crippen LogP contribution is 2.25. The van der Waals surface area contributed by atoms with E-state index in [1.807, 2.05) is 13.0 Å². The van der Waals surface area contributed by atoms with Crippen molar-refractivity contribution in [2.45, 2.75) is 26.7 Å². The molecule has 158 valence electrons. The summed E-state index contributed by atoms with van der Waals surface area (Å²) in [5.74, 6) is 0.861. The first-order valence-electron chi connectivity index (χ1n) is 10.1. The molecule has 3 aromatic rings. The Kier molecular flexibility index (Phi) is 6.72. The van der Waals surface area contributed by atoms with E-state index in [2.05, 4.69) is 12.0 Å². The lowest BCUT2D eigenvalue weighted by molar-refractivity contribution is 0.0756. The molecular formula is C23H27N3O4. The molecule has 0 aliphatic carbocycles. The minimum atomic E-state index is -0.311. The SMILES string of the molecule is CCCCN(CC)C(=O)c1nn(-c2cc(OC)cc(OC)c2)c(=O)c2ccccc12. The van der Waals surface area contributed by atoms with Gasteiger partial charge in [0.2, 0.25) is 0 Å². The molecule has 0 unspecified atom stereocenters. The predicted molar refractivity (Wildman–Crippen MR) is 117 cm³/mol. The number of amides is 1. The van der Waals surface area contributed by atoms with Gasteiger partial charge in [0.25, 0.3) is 11.5 Å². The minimum Gasteiger partial charge on any atom is -0.497 e. The number of nitrogens with zero attached hydrogens (tertiary/aromatic N) is 3.